The molecule has 98 valence electrons. The van der Waals surface area contributed by atoms with E-state index in [1.807, 2.05) is 23.6 Å². The van der Waals surface area contributed by atoms with Gasteiger partial charge in [-0.25, -0.2) is 4.98 Å². The summed E-state index contributed by atoms with van der Waals surface area (Å²) >= 11 is 0. The molecule has 2 aromatic heterocycles. The van der Waals surface area contributed by atoms with Crippen molar-refractivity contribution in [3.8, 4) is 0 Å². The Morgan fingerprint density at radius 2 is 2.00 bits per heavy atom. The molecule has 0 spiro atoms. The first-order valence-corrected chi connectivity index (χ1v) is 6.77. The first-order chi connectivity index (χ1) is 8.67. The molecule has 1 N–H and O–H groups in total. The van der Waals surface area contributed by atoms with Gasteiger partial charge >= 0.3 is 0 Å². The van der Waals surface area contributed by atoms with E-state index in [1.54, 1.807) is 6.33 Å². The van der Waals surface area contributed by atoms with Crippen molar-refractivity contribution in [3.63, 3.8) is 0 Å². The summed E-state index contributed by atoms with van der Waals surface area (Å²) in [6.07, 6.45) is 6.26. The molecule has 0 saturated carbocycles. The second-order valence-corrected chi connectivity index (χ2v) is 5.02. The van der Waals surface area contributed by atoms with Crippen LogP contribution in [0.4, 0.5) is 0 Å². The highest BCUT2D eigenvalue weighted by Gasteiger charge is 2.18. The zero-order valence-electron chi connectivity index (χ0n) is 11.4. The predicted molar refractivity (Wildman–Crippen MR) is 73.6 cm³/mol. The van der Waals surface area contributed by atoms with Gasteiger partial charge in [0.05, 0.1) is 29.8 Å². The number of aliphatic hydroxyl groups excluding tert-OH is 1. The minimum Gasteiger partial charge on any atom is -0.387 e. The lowest BCUT2D eigenvalue weighted by Gasteiger charge is -2.20. The molecule has 0 amide bonds. The highest BCUT2D eigenvalue weighted by atomic mass is 16.3. The van der Waals surface area contributed by atoms with Gasteiger partial charge in [0.2, 0.25) is 0 Å². The minimum absolute atomic E-state index is 0.409. The van der Waals surface area contributed by atoms with Crippen LogP contribution in [0.2, 0.25) is 0 Å². The van der Waals surface area contributed by atoms with Crippen molar-refractivity contribution in [2.24, 2.45) is 5.92 Å². The molecule has 2 rings (SSSR count). The number of imidazole rings is 1. The zero-order valence-corrected chi connectivity index (χ0v) is 11.4. The van der Waals surface area contributed by atoms with Crippen molar-refractivity contribution in [3.05, 3.63) is 35.9 Å². The summed E-state index contributed by atoms with van der Waals surface area (Å²) in [7, 11) is 0. The first-order valence-electron chi connectivity index (χ1n) is 6.77. The summed E-state index contributed by atoms with van der Waals surface area (Å²) in [5.41, 5.74) is 3.15. The summed E-state index contributed by atoms with van der Waals surface area (Å²) in [5, 5.41) is 10.5. The van der Waals surface area contributed by atoms with E-state index in [2.05, 4.69) is 24.9 Å². The minimum atomic E-state index is -0.409. The molecule has 0 aliphatic heterocycles. The van der Waals surface area contributed by atoms with Gasteiger partial charge < -0.3 is 9.51 Å². The molecule has 2 heterocycles. The van der Waals surface area contributed by atoms with Gasteiger partial charge in [-0.3, -0.25) is 0 Å². The monoisotopic (exact) mass is 246 g/mol. The van der Waals surface area contributed by atoms with Crippen LogP contribution in [0.3, 0.4) is 0 Å². The smallest absolute Gasteiger partial charge is 0.0995 e. The van der Waals surface area contributed by atoms with Crippen molar-refractivity contribution in [2.75, 3.05) is 0 Å². The van der Waals surface area contributed by atoms with Gasteiger partial charge in [-0.05, 0) is 30.9 Å². The Morgan fingerprint density at radius 3 is 2.67 bits per heavy atom. The third-order valence-electron chi connectivity index (χ3n) is 3.86. The van der Waals surface area contributed by atoms with Crippen LogP contribution in [0.5, 0.6) is 0 Å². The van der Waals surface area contributed by atoms with Crippen molar-refractivity contribution < 1.29 is 5.11 Å². The average molecular weight is 246 g/mol. The fraction of sp³-hybridized carbons (Fsp3) is 0.533. The molecule has 18 heavy (non-hydrogen) atoms. The lowest BCUT2D eigenvalue weighted by atomic mass is 9.93. The van der Waals surface area contributed by atoms with Crippen LogP contribution in [0.15, 0.2) is 24.7 Å². The molecule has 0 saturated heterocycles. The van der Waals surface area contributed by atoms with Gasteiger partial charge in [-0.1, -0.05) is 32.8 Å². The number of aliphatic hydroxyl groups is 1. The van der Waals surface area contributed by atoms with E-state index >= 15 is 0 Å². The number of rotatable bonds is 5. The maximum absolute atomic E-state index is 10.5. The number of aromatic nitrogens is 2. The van der Waals surface area contributed by atoms with Gasteiger partial charge in [0.15, 0.2) is 0 Å². The molecule has 0 bridgehead atoms. The third kappa shape index (κ3) is 2.41. The van der Waals surface area contributed by atoms with Crippen LogP contribution in [0.1, 0.15) is 50.5 Å². The lowest BCUT2D eigenvalue weighted by Crippen LogP contribution is -2.11. The van der Waals surface area contributed by atoms with Crippen molar-refractivity contribution >= 4 is 5.52 Å². The molecular formula is C15H22N2O. The van der Waals surface area contributed by atoms with E-state index < -0.39 is 6.10 Å². The standard InChI is InChI=1S/C15H22N2O/c1-4-12(5-2)8-14(18)15-11(3)6-7-13-9-16-10-17(13)15/h6-7,9-10,12,14,18H,4-5,8H2,1-3H3. The fourth-order valence-electron chi connectivity index (χ4n) is 2.59. The number of pyridine rings is 1. The summed E-state index contributed by atoms with van der Waals surface area (Å²) < 4.78 is 2.00. The fourth-order valence-corrected chi connectivity index (χ4v) is 2.59. The Morgan fingerprint density at radius 1 is 1.28 bits per heavy atom. The molecular weight excluding hydrogens is 224 g/mol. The Kier molecular flexibility index (Phi) is 4.02. The Hall–Kier alpha value is -1.35. The van der Waals surface area contributed by atoms with E-state index in [4.69, 9.17) is 0 Å². The molecule has 0 aromatic carbocycles. The summed E-state index contributed by atoms with van der Waals surface area (Å²) in [6, 6.07) is 4.10. The first kappa shape index (κ1) is 13.1. The topological polar surface area (TPSA) is 37.5 Å². The van der Waals surface area contributed by atoms with Crippen LogP contribution in [0, 0.1) is 12.8 Å². The summed E-state index contributed by atoms with van der Waals surface area (Å²) in [4.78, 5) is 4.16. The van der Waals surface area contributed by atoms with E-state index in [0.717, 1.165) is 36.0 Å². The van der Waals surface area contributed by atoms with Gasteiger partial charge in [0.25, 0.3) is 0 Å². The van der Waals surface area contributed by atoms with Gasteiger partial charge in [-0.15, -0.1) is 0 Å². The maximum Gasteiger partial charge on any atom is 0.0995 e. The Balaban J connectivity index is 2.34. The highest BCUT2D eigenvalue weighted by Crippen LogP contribution is 2.27. The molecule has 1 atom stereocenters. The average Bonchev–Trinajstić information content (AvgIpc) is 2.83. The van der Waals surface area contributed by atoms with Gasteiger partial charge in [0.1, 0.15) is 0 Å². The molecule has 3 heteroatoms. The molecule has 0 fully saturated rings. The quantitative estimate of drug-likeness (QED) is 0.876. The van der Waals surface area contributed by atoms with Crippen LogP contribution in [-0.2, 0) is 0 Å². The molecule has 3 nitrogen and oxygen atoms in total. The van der Waals surface area contributed by atoms with Gasteiger partial charge in [0, 0.05) is 0 Å². The van der Waals surface area contributed by atoms with Crippen molar-refractivity contribution in [2.45, 2.75) is 46.1 Å². The van der Waals surface area contributed by atoms with Crippen LogP contribution in [-0.4, -0.2) is 14.5 Å². The second-order valence-electron chi connectivity index (χ2n) is 5.02. The van der Waals surface area contributed by atoms with Crippen LogP contribution in [0.25, 0.3) is 5.52 Å². The van der Waals surface area contributed by atoms with Crippen LogP contribution < -0.4 is 0 Å². The summed E-state index contributed by atoms with van der Waals surface area (Å²) in [5.74, 6) is 0.582. The largest absolute Gasteiger partial charge is 0.387 e. The van der Waals surface area contributed by atoms with Crippen molar-refractivity contribution in [1.82, 2.24) is 9.38 Å². The third-order valence-corrected chi connectivity index (χ3v) is 3.86. The van der Waals surface area contributed by atoms with E-state index in [0.29, 0.717) is 5.92 Å². The highest BCUT2D eigenvalue weighted by molar-refractivity contribution is 5.48. The SMILES string of the molecule is CCC(CC)CC(O)c1c(C)ccc2cncn12. The number of aryl methyl sites for hydroxylation is 1. The summed E-state index contributed by atoms with van der Waals surface area (Å²) in [6.45, 7) is 6.42. The normalized spacial score (nSPS) is 13.4. The Bertz CT molecular complexity index is 514. The van der Waals surface area contributed by atoms with E-state index in [1.165, 1.54) is 0 Å². The second kappa shape index (κ2) is 5.53. The zero-order chi connectivity index (χ0) is 13.1. The molecule has 0 aliphatic carbocycles. The number of hydrogen-bond donors (Lipinski definition) is 1. The van der Waals surface area contributed by atoms with Gasteiger partial charge in [-0.2, -0.15) is 0 Å². The van der Waals surface area contributed by atoms with Crippen molar-refractivity contribution in [1.29, 1.82) is 0 Å². The maximum atomic E-state index is 10.5. The predicted octanol–water partition coefficient (Wildman–Crippen LogP) is 3.50. The lowest BCUT2D eigenvalue weighted by molar-refractivity contribution is 0.135. The molecule has 2 aromatic rings. The molecule has 0 aliphatic rings. The number of fused-ring (bicyclic) bond motifs is 1. The van der Waals surface area contributed by atoms with Crippen LogP contribution >= 0.6 is 0 Å². The van der Waals surface area contributed by atoms with E-state index in [-0.39, 0.29) is 0 Å². The molecule has 0 radical (unpaired) electrons. The number of nitrogens with zero attached hydrogens (tertiary/aromatic N) is 2. The Labute approximate surface area is 108 Å². The number of hydrogen-bond acceptors (Lipinski definition) is 2. The van der Waals surface area contributed by atoms with E-state index in [9.17, 15) is 5.11 Å². The molecule has 1 unspecified atom stereocenters.